The van der Waals surface area contributed by atoms with E-state index in [0.29, 0.717) is 5.88 Å². The van der Waals surface area contributed by atoms with Crippen LogP contribution in [0.1, 0.15) is 37.3 Å². The van der Waals surface area contributed by atoms with E-state index < -0.39 is 0 Å². The average Bonchev–Trinajstić information content (AvgIpc) is 2.35. The fraction of sp³-hybridized carbons (Fsp3) is 0.429. The van der Waals surface area contributed by atoms with Crippen molar-refractivity contribution >= 4 is 17.4 Å². The van der Waals surface area contributed by atoms with Gasteiger partial charge in [-0.15, -0.1) is 11.6 Å². The van der Waals surface area contributed by atoms with E-state index >= 15 is 0 Å². The van der Waals surface area contributed by atoms with Gasteiger partial charge in [-0.3, -0.25) is 0 Å². The maximum Gasteiger partial charge on any atom is 0.122 e. The van der Waals surface area contributed by atoms with E-state index in [0.717, 1.165) is 23.3 Å². The van der Waals surface area contributed by atoms with Crippen LogP contribution in [-0.2, 0) is 10.6 Å². The second-order valence-corrected chi connectivity index (χ2v) is 4.01. The van der Waals surface area contributed by atoms with E-state index in [1.165, 1.54) is 12.8 Å². The number of hydrogen-bond donors (Lipinski definition) is 0. The Labute approximate surface area is 103 Å². The van der Waals surface area contributed by atoms with Gasteiger partial charge in [-0.2, -0.15) is 0 Å². The summed E-state index contributed by atoms with van der Waals surface area (Å²) in [7, 11) is 1.72. The van der Waals surface area contributed by atoms with Crippen LogP contribution in [0.2, 0.25) is 0 Å². The lowest BCUT2D eigenvalue weighted by atomic mass is 10.1. The molecule has 0 spiro atoms. The Hall–Kier alpha value is -0.950. The summed E-state index contributed by atoms with van der Waals surface area (Å²) in [6.07, 6.45) is 5.63. The normalized spacial score (nSPS) is 11.6. The standard InChI is InChI=1S/C14H19ClO/c1-3-4-5-6-14(16-2)13-9-7-12(11-15)8-10-13/h6-10H,3-5,11H2,1-2H3/b14-6+. The van der Waals surface area contributed by atoms with Gasteiger partial charge in [0.15, 0.2) is 0 Å². The van der Waals surface area contributed by atoms with Gasteiger partial charge in [0.05, 0.1) is 7.11 Å². The summed E-state index contributed by atoms with van der Waals surface area (Å²) < 4.78 is 5.38. The van der Waals surface area contributed by atoms with E-state index in [4.69, 9.17) is 16.3 Å². The van der Waals surface area contributed by atoms with Gasteiger partial charge in [0.1, 0.15) is 5.76 Å². The number of ether oxygens (including phenoxy) is 1. The molecule has 0 saturated heterocycles. The van der Waals surface area contributed by atoms with Gasteiger partial charge in [-0.25, -0.2) is 0 Å². The van der Waals surface area contributed by atoms with Crippen molar-refractivity contribution in [2.45, 2.75) is 32.1 Å². The molecule has 0 aromatic heterocycles. The minimum absolute atomic E-state index is 0.558. The largest absolute Gasteiger partial charge is 0.496 e. The van der Waals surface area contributed by atoms with Gasteiger partial charge in [0.2, 0.25) is 0 Å². The molecule has 16 heavy (non-hydrogen) atoms. The number of rotatable bonds is 6. The lowest BCUT2D eigenvalue weighted by Gasteiger charge is -2.07. The smallest absolute Gasteiger partial charge is 0.122 e. The van der Waals surface area contributed by atoms with Crippen LogP contribution in [0, 0.1) is 0 Å². The second kappa shape index (κ2) is 7.34. The van der Waals surface area contributed by atoms with Gasteiger partial charge < -0.3 is 4.74 Å². The number of halogens is 1. The highest BCUT2D eigenvalue weighted by Crippen LogP contribution is 2.18. The first kappa shape index (κ1) is 13.1. The molecule has 0 saturated carbocycles. The fourth-order valence-electron chi connectivity index (χ4n) is 1.51. The Bertz CT molecular complexity index is 327. The molecular weight excluding hydrogens is 220 g/mol. The van der Waals surface area contributed by atoms with Crippen LogP contribution in [0.5, 0.6) is 0 Å². The molecule has 1 nitrogen and oxygen atoms in total. The van der Waals surface area contributed by atoms with Gasteiger partial charge in [-0.05, 0) is 24.5 Å². The molecule has 0 radical (unpaired) electrons. The highest BCUT2D eigenvalue weighted by Gasteiger charge is 2.00. The van der Waals surface area contributed by atoms with Crippen molar-refractivity contribution in [3.8, 4) is 0 Å². The molecule has 1 rings (SSSR count). The minimum Gasteiger partial charge on any atom is -0.496 e. The SMILES string of the molecule is CCCC/C=C(/OC)c1ccc(CCl)cc1. The maximum atomic E-state index is 5.75. The zero-order valence-electron chi connectivity index (χ0n) is 10.0. The summed E-state index contributed by atoms with van der Waals surface area (Å²) in [5.41, 5.74) is 2.25. The molecule has 0 unspecified atom stereocenters. The summed E-state index contributed by atoms with van der Waals surface area (Å²) in [6.45, 7) is 2.19. The van der Waals surface area contributed by atoms with Crippen molar-refractivity contribution in [3.63, 3.8) is 0 Å². The van der Waals surface area contributed by atoms with E-state index in [1.54, 1.807) is 7.11 Å². The number of alkyl halides is 1. The monoisotopic (exact) mass is 238 g/mol. The van der Waals surface area contributed by atoms with Crippen molar-refractivity contribution in [2.24, 2.45) is 0 Å². The summed E-state index contributed by atoms with van der Waals surface area (Å²) >= 11 is 5.75. The maximum absolute atomic E-state index is 5.75. The Balaban J connectivity index is 2.74. The summed E-state index contributed by atoms with van der Waals surface area (Å²) in [5, 5.41) is 0. The highest BCUT2D eigenvalue weighted by molar-refractivity contribution is 6.17. The zero-order chi connectivity index (χ0) is 11.8. The average molecular weight is 239 g/mol. The van der Waals surface area contributed by atoms with Crippen LogP contribution >= 0.6 is 11.6 Å². The molecule has 0 aliphatic rings. The minimum atomic E-state index is 0.558. The second-order valence-electron chi connectivity index (χ2n) is 3.75. The van der Waals surface area contributed by atoms with E-state index in [1.807, 2.05) is 12.1 Å². The highest BCUT2D eigenvalue weighted by atomic mass is 35.5. The molecule has 1 aromatic rings. The Kier molecular flexibility index (Phi) is 6.02. The lowest BCUT2D eigenvalue weighted by molar-refractivity contribution is 0.368. The third kappa shape index (κ3) is 3.90. The molecule has 0 atom stereocenters. The molecule has 0 aliphatic carbocycles. The molecule has 88 valence electrons. The van der Waals surface area contributed by atoms with E-state index in [9.17, 15) is 0 Å². The van der Waals surface area contributed by atoms with Crippen molar-refractivity contribution < 1.29 is 4.74 Å². The Morgan fingerprint density at radius 3 is 2.50 bits per heavy atom. The third-order valence-electron chi connectivity index (χ3n) is 2.50. The van der Waals surface area contributed by atoms with Crippen LogP contribution in [-0.4, -0.2) is 7.11 Å². The predicted molar refractivity (Wildman–Crippen MR) is 70.5 cm³/mol. The van der Waals surface area contributed by atoms with Crippen molar-refractivity contribution in [1.82, 2.24) is 0 Å². The molecule has 0 amide bonds. The molecule has 0 aliphatic heterocycles. The van der Waals surface area contributed by atoms with Crippen LogP contribution in [0.4, 0.5) is 0 Å². The van der Waals surface area contributed by atoms with Crippen LogP contribution in [0.15, 0.2) is 30.3 Å². The number of benzene rings is 1. The first-order chi connectivity index (χ1) is 7.81. The Morgan fingerprint density at radius 2 is 2.00 bits per heavy atom. The molecular formula is C14H19ClO. The number of hydrogen-bond acceptors (Lipinski definition) is 1. The predicted octanol–water partition coefficient (Wildman–Crippen LogP) is 4.60. The number of methoxy groups -OCH3 is 1. The quantitative estimate of drug-likeness (QED) is 0.400. The van der Waals surface area contributed by atoms with Crippen LogP contribution in [0.25, 0.3) is 5.76 Å². The molecule has 2 heteroatoms. The third-order valence-corrected chi connectivity index (χ3v) is 2.81. The van der Waals surface area contributed by atoms with Crippen molar-refractivity contribution in [1.29, 1.82) is 0 Å². The molecule has 1 aromatic carbocycles. The number of allylic oxidation sites excluding steroid dienone is 1. The van der Waals surface area contributed by atoms with Gasteiger partial charge in [-0.1, -0.05) is 37.6 Å². The first-order valence-electron chi connectivity index (χ1n) is 5.71. The molecule has 0 fully saturated rings. The van der Waals surface area contributed by atoms with Crippen LogP contribution in [0.3, 0.4) is 0 Å². The summed E-state index contributed by atoms with van der Waals surface area (Å²) in [6, 6.07) is 8.18. The topological polar surface area (TPSA) is 9.23 Å². The van der Waals surface area contributed by atoms with Gasteiger partial charge >= 0.3 is 0 Å². The zero-order valence-corrected chi connectivity index (χ0v) is 10.8. The van der Waals surface area contributed by atoms with E-state index in [-0.39, 0.29) is 0 Å². The lowest BCUT2D eigenvalue weighted by Crippen LogP contribution is -1.88. The Morgan fingerprint density at radius 1 is 1.31 bits per heavy atom. The summed E-state index contributed by atoms with van der Waals surface area (Å²) in [4.78, 5) is 0. The molecule has 0 bridgehead atoms. The van der Waals surface area contributed by atoms with Gasteiger partial charge in [0.25, 0.3) is 0 Å². The number of unbranched alkanes of at least 4 members (excludes halogenated alkanes) is 2. The molecule has 0 heterocycles. The molecule has 0 N–H and O–H groups in total. The summed E-state index contributed by atoms with van der Waals surface area (Å²) in [5.74, 6) is 1.51. The van der Waals surface area contributed by atoms with Gasteiger partial charge in [0, 0.05) is 11.4 Å². The fourth-order valence-corrected chi connectivity index (χ4v) is 1.69. The van der Waals surface area contributed by atoms with Crippen molar-refractivity contribution in [2.75, 3.05) is 7.11 Å². The van der Waals surface area contributed by atoms with Crippen LogP contribution < -0.4 is 0 Å². The first-order valence-corrected chi connectivity index (χ1v) is 6.24. The van der Waals surface area contributed by atoms with Crippen molar-refractivity contribution in [3.05, 3.63) is 41.5 Å². The van der Waals surface area contributed by atoms with E-state index in [2.05, 4.69) is 25.1 Å².